The van der Waals surface area contributed by atoms with Crippen molar-refractivity contribution in [3.63, 3.8) is 0 Å². The lowest BCUT2D eigenvalue weighted by atomic mass is 9.94. The Kier molecular flexibility index (Phi) is 7.07. The highest BCUT2D eigenvalue weighted by molar-refractivity contribution is 6.46. The fourth-order valence-electron chi connectivity index (χ4n) is 4.55. The Morgan fingerprint density at radius 1 is 1.09 bits per heavy atom. The molecule has 0 spiro atoms. The number of carbonyl (C=O) groups is 2. The van der Waals surface area contributed by atoms with Gasteiger partial charge in [-0.05, 0) is 49.6 Å². The number of aliphatic hydroxyl groups is 1. The molecule has 8 nitrogen and oxygen atoms in total. The van der Waals surface area contributed by atoms with Gasteiger partial charge in [-0.1, -0.05) is 18.2 Å². The van der Waals surface area contributed by atoms with Crippen LogP contribution in [0.3, 0.4) is 0 Å². The molecule has 2 fully saturated rings. The predicted molar refractivity (Wildman–Crippen MR) is 125 cm³/mol. The van der Waals surface area contributed by atoms with Gasteiger partial charge in [-0.2, -0.15) is 0 Å². The van der Waals surface area contributed by atoms with E-state index in [9.17, 15) is 14.7 Å². The van der Waals surface area contributed by atoms with Crippen molar-refractivity contribution in [3.05, 3.63) is 59.2 Å². The fraction of sp³-hybridized carbons (Fsp3) is 0.385. The first-order chi connectivity index (χ1) is 16.5. The van der Waals surface area contributed by atoms with Gasteiger partial charge in [0.15, 0.2) is 0 Å². The Labute approximate surface area is 198 Å². The van der Waals surface area contributed by atoms with Crippen molar-refractivity contribution in [2.24, 2.45) is 0 Å². The number of hydrogen-bond donors (Lipinski definition) is 1. The summed E-state index contributed by atoms with van der Waals surface area (Å²) in [6.45, 7) is 3.29. The van der Waals surface area contributed by atoms with Crippen molar-refractivity contribution < 1.29 is 33.6 Å². The van der Waals surface area contributed by atoms with Crippen LogP contribution in [0.25, 0.3) is 5.76 Å². The van der Waals surface area contributed by atoms with E-state index in [-0.39, 0.29) is 29.5 Å². The molecule has 1 amide bonds. The van der Waals surface area contributed by atoms with Crippen molar-refractivity contribution in [1.82, 2.24) is 4.90 Å². The molecular weight excluding hydrogens is 438 g/mol. The van der Waals surface area contributed by atoms with Gasteiger partial charge in [0, 0.05) is 13.2 Å². The largest absolute Gasteiger partial charge is 0.506 e. The van der Waals surface area contributed by atoms with Gasteiger partial charge in [-0.3, -0.25) is 9.59 Å². The summed E-state index contributed by atoms with van der Waals surface area (Å²) in [7, 11) is 2.93. The molecule has 4 rings (SSSR count). The van der Waals surface area contributed by atoms with Gasteiger partial charge in [0.05, 0.1) is 38.5 Å². The van der Waals surface area contributed by atoms with E-state index in [0.29, 0.717) is 36.0 Å². The third-order valence-electron chi connectivity index (χ3n) is 6.14. The van der Waals surface area contributed by atoms with Crippen LogP contribution >= 0.6 is 0 Å². The molecule has 2 aliphatic rings. The summed E-state index contributed by atoms with van der Waals surface area (Å²) in [6.07, 6.45) is 1.55. The summed E-state index contributed by atoms with van der Waals surface area (Å²) < 4.78 is 22.1. The van der Waals surface area contributed by atoms with Gasteiger partial charge < -0.3 is 29.0 Å². The molecule has 180 valence electrons. The standard InChI is InChI=1S/C26H29NO7/c1-4-33-17-12-10-16(11-13-17)23-22(24(28)21-19(31-2)8-5-9-20(21)32-3)25(29)26(30)27(23)15-18-7-6-14-34-18/h5,8-13,18,23,28H,4,6-7,14-15H2,1-3H3/b24-22+. The average Bonchev–Trinajstić information content (AvgIpc) is 3.46. The molecule has 1 N–H and O–H groups in total. The highest BCUT2D eigenvalue weighted by atomic mass is 16.5. The molecule has 0 bridgehead atoms. The second kappa shape index (κ2) is 10.2. The third-order valence-corrected chi connectivity index (χ3v) is 6.14. The van der Waals surface area contributed by atoms with Crippen molar-refractivity contribution >= 4 is 17.4 Å². The lowest BCUT2D eigenvalue weighted by Crippen LogP contribution is -2.36. The smallest absolute Gasteiger partial charge is 0.295 e. The van der Waals surface area contributed by atoms with Crippen LogP contribution in [0.1, 0.15) is 36.9 Å². The highest BCUT2D eigenvalue weighted by Gasteiger charge is 2.47. The second-order valence-electron chi connectivity index (χ2n) is 8.13. The molecule has 0 radical (unpaired) electrons. The number of benzene rings is 2. The van der Waals surface area contributed by atoms with Gasteiger partial charge in [0.2, 0.25) is 0 Å². The number of aliphatic hydroxyl groups excluding tert-OH is 1. The van der Waals surface area contributed by atoms with Crippen molar-refractivity contribution in [1.29, 1.82) is 0 Å². The van der Waals surface area contributed by atoms with Gasteiger partial charge >= 0.3 is 0 Å². The van der Waals surface area contributed by atoms with E-state index in [1.807, 2.05) is 6.92 Å². The van der Waals surface area contributed by atoms with E-state index in [0.717, 1.165) is 12.8 Å². The Morgan fingerprint density at radius 3 is 2.32 bits per heavy atom. The molecule has 0 saturated carbocycles. The molecule has 2 aromatic rings. The molecule has 0 aromatic heterocycles. The number of rotatable bonds is 8. The van der Waals surface area contributed by atoms with E-state index in [4.69, 9.17) is 18.9 Å². The first kappa shape index (κ1) is 23.6. The molecule has 2 aromatic carbocycles. The minimum atomic E-state index is -0.797. The quantitative estimate of drug-likeness (QED) is 0.359. The van der Waals surface area contributed by atoms with Crippen LogP contribution in [0.5, 0.6) is 17.2 Å². The zero-order valence-corrected chi connectivity index (χ0v) is 19.6. The van der Waals surface area contributed by atoms with Crippen LogP contribution in [-0.2, 0) is 14.3 Å². The first-order valence-electron chi connectivity index (χ1n) is 11.3. The topological polar surface area (TPSA) is 94.5 Å². The Hall–Kier alpha value is -3.52. The van der Waals surface area contributed by atoms with E-state index < -0.39 is 17.7 Å². The van der Waals surface area contributed by atoms with Crippen LogP contribution < -0.4 is 14.2 Å². The average molecular weight is 468 g/mol. The maximum atomic E-state index is 13.3. The highest BCUT2D eigenvalue weighted by Crippen LogP contribution is 2.44. The summed E-state index contributed by atoms with van der Waals surface area (Å²) in [5.74, 6) is -0.456. The lowest BCUT2D eigenvalue weighted by molar-refractivity contribution is -0.140. The number of methoxy groups -OCH3 is 2. The second-order valence-corrected chi connectivity index (χ2v) is 8.13. The molecule has 0 aliphatic carbocycles. The third kappa shape index (κ3) is 4.33. The summed E-state index contributed by atoms with van der Waals surface area (Å²) in [5, 5.41) is 11.4. The van der Waals surface area contributed by atoms with Crippen LogP contribution in [0.4, 0.5) is 0 Å². The van der Waals surface area contributed by atoms with Gasteiger partial charge in [-0.15, -0.1) is 0 Å². The predicted octanol–water partition coefficient (Wildman–Crippen LogP) is 3.70. The van der Waals surface area contributed by atoms with Crippen LogP contribution in [0, 0.1) is 0 Å². The Morgan fingerprint density at radius 2 is 1.76 bits per heavy atom. The molecule has 8 heteroatoms. The van der Waals surface area contributed by atoms with Crippen molar-refractivity contribution in [2.45, 2.75) is 31.9 Å². The number of ether oxygens (including phenoxy) is 4. The molecule has 2 saturated heterocycles. The molecule has 34 heavy (non-hydrogen) atoms. The minimum absolute atomic E-state index is 0.0186. The first-order valence-corrected chi connectivity index (χ1v) is 11.3. The number of amides is 1. The minimum Gasteiger partial charge on any atom is -0.506 e. The Balaban J connectivity index is 1.87. The summed E-state index contributed by atoms with van der Waals surface area (Å²) in [4.78, 5) is 28.0. The molecule has 2 unspecified atom stereocenters. The molecular formula is C26H29NO7. The summed E-state index contributed by atoms with van der Waals surface area (Å²) in [6, 6.07) is 11.4. The SMILES string of the molecule is CCOc1ccc(C2/C(=C(\O)c3c(OC)cccc3OC)C(=O)C(=O)N2CC2CCCO2)cc1. The van der Waals surface area contributed by atoms with Gasteiger partial charge in [0.25, 0.3) is 11.7 Å². The number of ketones is 1. The van der Waals surface area contributed by atoms with Crippen molar-refractivity contribution in [2.75, 3.05) is 34.0 Å². The number of likely N-dealkylation sites (tertiary alicyclic amines) is 1. The van der Waals surface area contributed by atoms with Crippen LogP contribution in [0.15, 0.2) is 48.0 Å². The maximum absolute atomic E-state index is 13.3. The van der Waals surface area contributed by atoms with E-state index >= 15 is 0 Å². The zero-order valence-electron chi connectivity index (χ0n) is 19.6. The van der Waals surface area contributed by atoms with E-state index in [1.165, 1.54) is 19.1 Å². The van der Waals surface area contributed by atoms with Crippen LogP contribution in [0.2, 0.25) is 0 Å². The van der Waals surface area contributed by atoms with E-state index in [2.05, 4.69) is 0 Å². The molecule has 2 heterocycles. The van der Waals surface area contributed by atoms with E-state index in [1.54, 1.807) is 42.5 Å². The zero-order chi connectivity index (χ0) is 24.2. The fourth-order valence-corrected chi connectivity index (χ4v) is 4.55. The van der Waals surface area contributed by atoms with Gasteiger partial charge in [-0.25, -0.2) is 0 Å². The normalized spacial score (nSPS) is 21.7. The summed E-state index contributed by atoms with van der Waals surface area (Å²) in [5.41, 5.74) is 0.879. The number of hydrogen-bond acceptors (Lipinski definition) is 7. The van der Waals surface area contributed by atoms with Crippen LogP contribution in [-0.4, -0.2) is 61.8 Å². The lowest BCUT2D eigenvalue weighted by Gasteiger charge is -2.27. The van der Waals surface area contributed by atoms with Crippen molar-refractivity contribution in [3.8, 4) is 17.2 Å². The maximum Gasteiger partial charge on any atom is 0.295 e. The molecule has 2 aliphatic heterocycles. The number of nitrogens with zero attached hydrogens (tertiary/aromatic N) is 1. The number of Topliss-reactive ketones (excluding diaryl/α,β-unsaturated/α-hetero) is 1. The number of carbonyl (C=O) groups excluding carboxylic acids is 2. The molecule has 2 atom stereocenters. The summed E-state index contributed by atoms with van der Waals surface area (Å²) >= 11 is 0. The Bertz CT molecular complexity index is 1060. The monoisotopic (exact) mass is 467 g/mol. The van der Waals surface area contributed by atoms with Gasteiger partial charge in [0.1, 0.15) is 28.6 Å².